The molecule has 2 saturated heterocycles. The Balaban J connectivity index is 2.17. The summed E-state index contributed by atoms with van der Waals surface area (Å²) in [6.45, 7) is 3.26. The van der Waals surface area contributed by atoms with Crippen molar-refractivity contribution in [2.75, 3.05) is 13.1 Å². The maximum absolute atomic E-state index is 11.8. The Labute approximate surface area is 82.6 Å². The predicted molar refractivity (Wildman–Crippen MR) is 50.6 cm³/mol. The molecule has 2 rings (SSSR count). The van der Waals surface area contributed by atoms with Crippen molar-refractivity contribution in [2.24, 2.45) is 0 Å². The lowest BCUT2D eigenvalue weighted by Gasteiger charge is -2.41. The average molecular weight is 197 g/mol. The van der Waals surface area contributed by atoms with Gasteiger partial charge in [-0.3, -0.25) is 9.59 Å². The van der Waals surface area contributed by atoms with Crippen LogP contribution in [0.2, 0.25) is 0 Å². The second-order valence-electron chi connectivity index (χ2n) is 4.02. The van der Waals surface area contributed by atoms with E-state index in [1.54, 1.807) is 6.92 Å². The minimum atomic E-state index is -0.644. The van der Waals surface area contributed by atoms with Gasteiger partial charge in [0.1, 0.15) is 11.6 Å². The molecule has 0 aromatic heterocycles. The number of hydrogen-bond acceptors (Lipinski definition) is 3. The second kappa shape index (κ2) is 3.24. The first-order valence-corrected chi connectivity index (χ1v) is 4.98. The molecule has 2 aliphatic heterocycles. The summed E-state index contributed by atoms with van der Waals surface area (Å²) in [6, 6.07) is -0.400. The van der Waals surface area contributed by atoms with Crippen LogP contribution in [-0.4, -0.2) is 36.5 Å². The van der Waals surface area contributed by atoms with Crippen LogP contribution in [0.15, 0.2) is 0 Å². The van der Waals surface area contributed by atoms with E-state index in [4.69, 9.17) is 0 Å². The van der Waals surface area contributed by atoms with Crippen LogP contribution in [0.4, 0.5) is 0 Å². The van der Waals surface area contributed by atoms with Crippen LogP contribution in [0.3, 0.4) is 0 Å². The molecular formula is C9H15N3O2. The highest BCUT2D eigenvalue weighted by Gasteiger charge is 2.45. The van der Waals surface area contributed by atoms with Gasteiger partial charge in [0.05, 0.1) is 0 Å². The Morgan fingerprint density at radius 1 is 1.29 bits per heavy atom. The van der Waals surface area contributed by atoms with Crippen LogP contribution in [-0.2, 0) is 9.59 Å². The van der Waals surface area contributed by atoms with Crippen molar-refractivity contribution in [3.8, 4) is 0 Å². The fourth-order valence-electron chi connectivity index (χ4n) is 2.01. The molecule has 1 atom stereocenters. The summed E-state index contributed by atoms with van der Waals surface area (Å²) in [5.41, 5.74) is -0.644. The Morgan fingerprint density at radius 3 is 2.57 bits per heavy atom. The Morgan fingerprint density at radius 2 is 1.93 bits per heavy atom. The van der Waals surface area contributed by atoms with Gasteiger partial charge in [-0.05, 0) is 32.9 Å². The van der Waals surface area contributed by atoms with Crippen LogP contribution < -0.4 is 16.0 Å². The first-order valence-electron chi connectivity index (χ1n) is 4.98. The minimum absolute atomic E-state index is 0.0360. The van der Waals surface area contributed by atoms with E-state index in [0.717, 1.165) is 13.1 Å². The van der Waals surface area contributed by atoms with Crippen molar-refractivity contribution >= 4 is 11.8 Å². The lowest BCUT2D eigenvalue weighted by Crippen LogP contribution is -2.70. The van der Waals surface area contributed by atoms with E-state index in [0.29, 0.717) is 12.8 Å². The monoisotopic (exact) mass is 197 g/mol. The van der Waals surface area contributed by atoms with Crippen molar-refractivity contribution in [3.05, 3.63) is 0 Å². The molecule has 78 valence electrons. The minimum Gasteiger partial charge on any atom is -0.343 e. The molecule has 0 bridgehead atoms. The highest BCUT2D eigenvalue weighted by atomic mass is 16.2. The van der Waals surface area contributed by atoms with Crippen molar-refractivity contribution in [2.45, 2.75) is 31.3 Å². The molecule has 5 heteroatoms. The van der Waals surface area contributed by atoms with E-state index < -0.39 is 11.6 Å². The number of piperidine rings is 1. The van der Waals surface area contributed by atoms with Gasteiger partial charge in [0.25, 0.3) is 0 Å². The van der Waals surface area contributed by atoms with E-state index >= 15 is 0 Å². The van der Waals surface area contributed by atoms with Gasteiger partial charge in [-0.25, -0.2) is 0 Å². The number of piperazine rings is 1. The summed E-state index contributed by atoms with van der Waals surface area (Å²) in [5.74, 6) is -0.113. The first-order chi connectivity index (χ1) is 6.64. The zero-order chi connectivity index (χ0) is 10.2. The molecule has 1 unspecified atom stereocenters. The quantitative estimate of drug-likeness (QED) is 0.454. The van der Waals surface area contributed by atoms with Crippen molar-refractivity contribution < 1.29 is 9.59 Å². The molecule has 14 heavy (non-hydrogen) atoms. The van der Waals surface area contributed by atoms with Crippen LogP contribution in [0.1, 0.15) is 19.8 Å². The third kappa shape index (κ3) is 1.37. The summed E-state index contributed by atoms with van der Waals surface area (Å²) in [7, 11) is 0. The van der Waals surface area contributed by atoms with Gasteiger partial charge in [-0.15, -0.1) is 0 Å². The van der Waals surface area contributed by atoms with E-state index in [2.05, 4.69) is 16.0 Å². The summed E-state index contributed by atoms with van der Waals surface area (Å²) < 4.78 is 0. The van der Waals surface area contributed by atoms with Crippen molar-refractivity contribution in [1.29, 1.82) is 0 Å². The van der Waals surface area contributed by atoms with E-state index in [-0.39, 0.29) is 11.8 Å². The second-order valence-corrected chi connectivity index (χ2v) is 4.02. The largest absolute Gasteiger partial charge is 0.343 e. The first kappa shape index (κ1) is 9.45. The summed E-state index contributed by atoms with van der Waals surface area (Å²) in [5, 5.41) is 8.72. The average Bonchev–Trinajstić information content (AvgIpc) is 2.17. The Hall–Kier alpha value is -1.10. The third-order valence-electron chi connectivity index (χ3n) is 3.00. The third-order valence-corrected chi connectivity index (χ3v) is 3.00. The van der Waals surface area contributed by atoms with Crippen LogP contribution >= 0.6 is 0 Å². The fourth-order valence-corrected chi connectivity index (χ4v) is 2.01. The Kier molecular flexibility index (Phi) is 2.19. The summed E-state index contributed by atoms with van der Waals surface area (Å²) in [6.07, 6.45) is 1.36. The van der Waals surface area contributed by atoms with Crippen molar-refractivity contribution in [1.82, 2.24) is 16.0 Å². The van der Waals surface area contributed by atoms with E-state index in [1.807, 2.05) is 0 Å². The molecular weight excluding hydrogens is 182 g/mol. The van der Waals surface area contributed by atoms with Gasteiger partial charge >= 0.3 is 0 Å². The smallest absolute Gasteiger partial charge is 0.246 e. The molecule has 3 N–H and O–H groups in total. The molecule has 0 aromatic rings. The molecule has 1 spiro atoms. The summed E-state index contributed by atoms with van der Waals surface area (Å²) in [4.78, 5) is 23.2. The zero-order valence-corrected chi connectivity index (χ0v) is 8.22. The molecule has 0 saturated carbocycles. The maximum Gasteiger partial charge on any atom is 0.246 e. The maximum atomic E-state index is 11.8. The topological polar surface area (TPSA) is 70.2 Å². The van der Waals surface area contributed by atoms with Gasteiger partial charge in [0.15, 0.2) is 0 Å². The lowest BCUT2D eigenvalue weighted by atomic mass is 9.85. The number of nitrogens with one attached hydrogen (secondary N) is 3. The van der Waals surface area contributed by atoms with E-state index in [1.165, 1.54) is 0 Å². The molecule has 2 aliphatic rings. The molecule has 2 amide bonds. The highest BCUT2D eigenvalue weighted by molar-refractivity contribution is 5.99. The van der Waals surface area contributed by atoms with Crippen LogP contribution in [0, 0.1) is 0 Å². The molecule has 0 radical (unpaired) electrons. The van der Waals surface area contributed by atoms with Gasteiger partial charge < -0.3 is 16.0 Å². The molecule has 0 aliphatic carbocycles. The standard InChI is InChI=1S/C9H15N3O2/c1-6-7(13)12-9(8(14)11-6)2-4-10-5-3-9/h6,10H,2-5H2,1H3,(H,11,14)(H,12,13). The Bertz CT molecular complexity index is 271. The number of carbonyl (C=O) groups is 2. The van der Waals surface area contributed by atoms with Gasteiger partial charge in [0.2, 0.25) is 11.8 Å². The van der Waals surface area contributed by atoms with Crippen LogP contribution in [0.5, 0.6) is 0 Å². The molecule has 0 aromatic carbocycles. The van der Waals surface area contributed by atoms with Crippen molar-refractivity contribution in [3.63, 3.8) is 0 Å². The molecule has 2 heterocycles. The van der Waals surface area contributed by atoms with E-state index in [9.17, 15) is 9.59 Å². The number of rotatable bonds is 0. The summed E-state index contributed by atoms with van der Waals surface area (Å²) >= 11 is 0. The van der Waals surface area contributed by atoms with Gasteiger partial charge in [-0.1, -0.05) is 0 Å². The number of carbonyl (C=O) groups excluding carboxylic acids is 2. The normalized spacial score (nSPS) is 31.1. The number of hydrogen-bond donors (Lipinski definition) is 3. The fraction of sp³-hybridized carbons (Fsp3) is 0.778. The SMILES string of the molecule is CC1NC(=O)C2(CCNCC2)NC1=O. The predicted octanol–water partition coefficient (Wildman–Crippen LogP) is -1.26. The molecule has 2 fully saturated rings. The lowest BCUT2D eigenvalue weighted by molar-refractivity contribution is -0.142. The van der Waals surface area contributed by atoms with Crippen LogP contribution in [0.25, 0.3) is 0 Å². The highest BCUT2D eigenvalue weighted by Crippen LogP contribution is 2.21. The molecule has 5 nitrogen and oxygen atoms in total. The van der Waals surface area contributed by atoms with Gasteiger partial charge in [0, 0.05) is 0 Å². The number of amides is 2. The zero-order valence-electron chi connectivity index (χ0n) is 8.22. The van der Waals surface area contributed by atoms with Gasteiger partial charge in [-0.2, -0.15) is 0 Å².